The second-order valence-corrected chi connectivity index (χ2v) is 5.10. The molecule has 13 heavy (non-hydrogen) atoms. The van der Waals surface area contributed by atoms with E-state index in [1.807, 2.05) is 0 Å². The summed E-state index contributed by atoms with van der Waals surface area (Å²) in [7, 11) is -3.72. The number of rotatable bonds is 6. The SMILES string of the molecule is CC(C)CCCCCS(=O)(=O)O.[LiH]. The van der Waals surface area contributed by atoms with Gasteiger partial charge in [0, 0.05) is 0 Å². The first-order valence-electron chi connectivity index (χ1n) is 4.37. The molecule has 0 atom stereocenters. The van der Waals surface area contributed by atoms with Gasteiger partial charge in [-0.15, -0.1) is 0 Å². The first-order valence-corrected chi connectivity index (χ1v) is 5.98. The fraction of sp³-hybridized carbons (Fsp3) is 1.00. The molecule has 1 N–H and O–H groups in total. The van der Waals surface area contributed by atoms with E-state index in [4.69, 9.17) is 4.55 Å². The molecule has 3 nitrogen and oxygen atoms in total. The molecule has 0 aromatic carbocycles. The summed E-state index contributed by atoms with van der Waals surface area (Å²) in [6.45, 7) is 4.28. The molecule has 0 amide bonds. The van der Waals surface area contributed by atoms with Gasteiger partial charge in [0.1, 0.15) is 0 Å². The van der Waals surface area contributed by atoms with E-state index in [1.165, 1.54) is 0 Å². The van der Waals surface area contributed by atoms with Gasteiger partial charge < -0.3 is 0 Å². The fourth-order valence-corrected chi connectivity index (χ4v) is 1.58. The van der Waals surface area contributed by atoms with Crippen LogP contribution in [0.5, 0.6) is 0 Å². The molecule has 0 unspecified atom stereocenters. The Morgan fingerprint density at radius 3 is 2.08 bits per heavy atom. The third kappa shape index (κ3) is 15.3. The summed E-state index contributed by atoms with van der Waals surface area (Å²) in [5.74, 6) is 0.584. The molecular weight excluding hydrogens is 183 g/mol. The zero-order valence-corrected chi connectivity index (χ0v) is 8.60. The summed E-state index contributed by atoms with van der Waals surface area (Å²) in [6.07, 6.45) is 3.64. The maximum absolute atomic E-state index is 10.3. The van der Waals surface area contributed by atoms with Gasteiger partial charge in [-0.05, 0) is 12.3 Å². The van der Waals surface area contributed by atoms with E-state index in [0.29, 0.717) is 12.3 Å². The Morgan fingerprint density at radius 2 is 1.69 bits per heavy atom. The molecule has 76 valence electrons. The van der Waals surface area contributed by atoms with Crippen molar-refractivity contribution in [1.82, 2.24) is 0 Å². The minimum atomic E-state index is -3.72. The van der Waals surface area contributed by atoms with E-state index in [-0.39, 0.29) is 24.6 Å². The van der Waals surface area contributed by atoms with Crippen molar-refractivity contribution in [3.8, 4) is 0 Å². The van der Waals surface area contributed by atoms with Gasteiger partial charge in [-0.25, -0.2) is 0 Å². The van der Waals surface area contributed by atoms with Crippen LogP contribution in [0.2, 0.25) is 0 Å². The second-order valence-electron chi connectivity index (χ2n) is 3.53. The van der Waals surface area contributed by atoms with Crippen molar-refractivity contribution >= 4 is 29.0 Å². The average molecular weight is 202 g/mol. The molecule has 0 bridgehead atoms. The Balaban J connectivity index is 0. The van der Waals surface area contributed by atoms with Crippen LogP contribution in [0.4, 0.5) is 0 Å². The van der Waals surface area contributed by atoms with Gasteiger partial charge >= 0.3 is 18.9 Å². The molecule has 0 aromatic rings. The molecule has 0 radical (unpaired) electrons. The van der Waals surface area contributed by atoms with E-state index >= 15 is 0 Å². The van der Waals surface area contributed by atoms with Crippen molar-refractivity contribution in [1.29, 1.82) is 0 Å². The van der Waals surface area contributed by atoms with Crippen molar-refractivity contribution in [2.45, 2.75) is 39.5 Å². The molecule has 0 saturated heterocycles. The molecule has 0 aliphatic heterocycles. The average Bonchev–Trinajstić information content (AvgIpc) is 1.83. The van der Waals surface area contributed by atoms with Gasteiger partial charge in [0.05, 0.1) is 5.75 Å². The van der Waals surface area contributed by atoms with Gasteiger partial charge in [-0.3, -0.25) is 4.55 Å². The van der Waals surface area contributed by atoms with Crippen LogP contribution in [0, 0.1) is 5.92 Å². The number of unbranched alkanes of at least 4 members (excludes halogenated alkanes) is 2. The van der Waals surface area contributed by atoms with E-state index < -0.39 is 10.1 Å². The predicted molar refractivity (Wildman–Crippen MR) is 56.9 cm³/mol. The van der Waals surface area contributed by atoms with Crippen LogP contribution >= 0.6 is 0 Å². The maximum atomic E-state index is 10.3. The quantitative estimate of drug-likeness (QED) is 0.403. The normalized spacial score (nSPS) is 11.4. The van der Waals surface area contributed by atoms with Crippen LogP contribution in [-0.2, 0) is 10.1 Å². The van der Waals surface area contributed by atoms with Crippen molar-refractivity contribution in [2.75, 3.05) is 5.75 Å². The number of hydrogen-bond acceptors (Lipinski definition) is 2. The van der Waals surface area contributed by atoms with E-state index in [1.54, 1.807) is 0 Å². The molecule has 0 aliphatic carbocycles. The van der Waals surface area contributed by atoms with Crippen molar-refractivity contribution in [2.24, 2.45) is 5.92 Å². The topological polar surface area (TPSA) is 54.4 Å². The van der Waals surface area contributed by atoms with Gasteiger partial charge in [-0.1, -0.05) is 33.1 Å². The Morgan fingerprint density at radius 1 is 1.15 bits per heavy atom. The third-order valence-corrected chi connectivity index (χ3v) is 2.49. The minimum absolute atomic E-state index is 0. The van der Waals surface area contributed by atoms with Gasteiger partial charge in [0.25, 0.3) is 10.1 Å². The first kappa shape index (κ1) is 16.0. The Labute approximate surface area is 93.2 Å². The van der Waals surface area contributed by atoms with Crippen LogP contribution in [0.1, 0.15) is 39.5 Å². The third-order valence-electron chi connectivity index (χ3n) is 1.68. The van der Waals surface area contributed by atoms with Crippen LogP contribution < -0.4 is 0 Å². The molecule has 0 heterocycles. The molecule has 0 spiro atoms. The van der Waals surface area contributed by atoms with Gasteiger partial charge in [0.2, 0.25) is 0 Å². The monoisotopic (exact) mass is 202 g/mol. The predicted octanol–water partition coefficient (Wildman–Crippen LogP) is 1.44. The summed E-state index contributed by atoms with van der Waals surface area (Å²) in [5.41, 5.74) is 0. The van der Waals surface area contributed by atoms with Gasteiger partial charge in [0.15, 0.2) is 0 Å². The standard InChI is InChI=1S/C8H18O3S.Li.H/c1-8(2)6-4-3-5-7-12(9,10)11;;/h8H,3-7H2,1-2H3,(H,9,10,11);;. The summed E-state index contributed by atoms with van der Waals surface area (Å²) >= 11 is 0. The second kappa shape index (κ2) is 7.87. The summed E-state index contributed by atoms with van der Waals surface area (Å²) in [6, 6.07) is 0. The van der Waals surface area contributed by atoms with Crippen LogP contribution in [0.15, 0.2) is 0 Å². The van der Waals surface area contributed by atoms with Crippen LogP contribution in [0.3, 0.4) is 0 Å². The Kier molecular flexibility index (Phi) is 9.66. The molecule has 0 aliphatic rings. The number of hydrogen-bond donors (Lipinski definition) is 1. The Bertz CT molecular complexity index is 199. The van der Waals surface area contributed by atoms with Crippen LogP contribution in [0.25, 0.3) is 0 Å². The van der Waals surface area contributed by atoms with E-state index in [0.717, 1.165) is 19.3 Å². The first-order chi connectivity index (χ1) is 5.42. The van der Waals surface area contributed by atoms with Crippen molar-refractivity contribution < 1.29 is 13.0 Å². The summed E-state index contributed by atoms with van der Waals surface area (Å²) < 4.78 is 29.0. The molecular formula is C8H19LiO3S. The Hall–Kier alpha value is 0.507. The molecule has 0 fully saturated rings. The molecule has 5 heteroatoms. The zero-order chi connectivity index (χ0) is 9.61. The van der Waals surface area contributed by atoms with E-state index in [2.05, 4.69) is 13.8 Å². The van der Waals surface area contributed by atoms with Crippen molar-refractivity contribution in [3.05, 3.63) is 0 Å². The zero-order valence-electron chi connectivity index (χ0n) is 7.78. The molecule has 0 saturated carbocycles. The van der Waals surface area contributed by atoms with Crippen LogP contribution in [-0.4, -0.2) is 37.6 Å². The molecule has 0 aromatic heterocycles. The van der Waals surface area contributed by atoms with Gasteiger partial charge in [-0.2, -0.15) is 8.42 Å². The fourth-order valence-electron chi connectivity index (χ4n) is 1.01. The summed E-state index contributed by atoms with van der Waals surface area (Å²) in [5, 5.41) is 0. The summed E-state index contributed by atoms with van der Waals surface area (Å²) in [4.78, 5) is 0. The molecule has 0 rings (SSSR count). The van der Waals surface area contributed by atoms with Crippen molar-refractivity contribution in [3.63, 3.8) is 0 Å². The van der Waals surface area contributed by atoms with E-state index in [9.17, 15) is 8.42 Å².